The summed E-state index contributed by atoms with van der Waals surface area (Å²) in [5, 5.41) is 5.96. The number of carbonyl (C=O) groups is 1. The van der Waals surface area contributed by atoms with E-state index in [9.17, 15) is 4.79 Å². The summed E-state index contributed by atoms with van der Waals surface area (Å²) in [7, 11) is 0. The number of oxazole rings is 1. The Morgan fingerprint density at radius 2 is 1.93 bits per heavy atom. The second kappa shape index (κ2) is 8.85. The summed E-state index contributed by atoms with van der Waals surface area (Å²) in [6, 6.07) is 7.11. The summed E-state index contributed by atoms with van der Waals surface area (Å²) in [6.45, 7) is 8.34. The van der Waals surface area contributed by atoms with Crippen molar-refractivity contribution in [2.45, 2.75) is 39.5 Å². The molecule has 0 bridgehead atoms. The quantitative estimate of drug-likeness (QED) is 0.615. The molecule has 1 aliphatic heterocycles. The van der Waals surface area contributed by atoms with Gasteiger partial charge in [-0.1, -0.05) is 11.6 Å². The molecule has 3 aromatic rings. The van der Waals surface area contributed by atoms with Crippen LogP contribution in [0.25, 0.3) is 11.5 Å². The maximum atomic E-state index is 12.7. The van der Waals surface area contributed by atoms with Crippen molar-refractivity contribution in [3.05, 3.63) is 51.8 Å². The molecule has 2 atom stereocenters. The fraction of sp³-hybridized carbons (Fsp3) is 0.381. The zero-order valence-corrected chi connectivity index (χ0v) is 18.6. The van der Waals surface area contributed by atoms with Gasteiger partial charge in [0.2, 0.25) is 5.89 Å². The number of aromatic nitrogens is 2. The molecule has 1 amide bonds. The summed E-state index contributed by atoms with van der Waals surface area (Å²) in [4.78, 5) is 23.9. The van der Waals surface area contributed by atoms with Gasteiger partial charge in [-0.05, 0) is 45.0 Å². The number of hydrogen-bond donors (Lipinski definition) is 1. The lowest BCUT2D eigenvalue weighted by molar-refractivity contribution is -0.0707. The fourth-order valence-corrected chi connectivity index (χ4v) is 4.38. The molecule has 1 saturated heterocycles. The average molecular weight is 447 g/mol. The Balaban J connectivity index is 1.41. The number of amides is 1. The van der Waals surface area contributed by atoms with E-state index < -0.39 is 0 Å². The minimum atomic E-state index is -0.342. The number of benzene rings is 1. The first kappa shape index (κ1) is 21.0. The largest absolute Gasteiger partial charge is 0.441 e. The van der Waals surface area contributed by atoms with Crippen LogP contribution in [0, 0.1) is 6.92 Å². The number of rotatable bonds is 5. The van der Waals surface area contributed by atoms with Crippen molar-refractivity contribution in [3.8, 4) is 11.5 Å². The first-order valence-corrected chi connectivity index (χ1v) is 11.0. The van der Waals surface area contributed by atoms with E-state index in [4.69, 9.17) is 20.8 Å². The highest BCUT2D eigenvalue weighted by Crippen LogP contribution is 2.25. The minimum absolute atomic E-state index is 0.205. The van der Waals surface area contributed by atoms with Gasteiger partial charge < -0.3 is 9.15 Å². The number of morpholine rings is 1. The summed E-state index contributed by atoms with van der Waals surface area (Å²) in [6.07, 6.45) is 0.410. The number of thiazole rings is 1. The molecule has 1 aliphatic rings. The number of anilines is 1. The van der Waals surface area contributed by atoms with Gasteiger partial charge in [0.15, 0.2) is 10.8 Å². The van der Waals surface area contributed by atoms with E-state index in [1.165, 1.54) is 11.3 Å². The summed E-state index contributed by atoms with van der Waals surface area (Å²) in [5.41, 5.74) is 1.93. The topological polar surface area (TPSA) is 80.5 Å². The number of aryl methyl sites for hydroxylation is 1. The Morgan fingerprint density at radius 3 is 2.63 bits per heavy atom. The van der Waals surface area contributed by atoms with E-state index in [1.54, 1.807) is 31.2 Å². The van der Waals surface area contributed by atoms with Crippen LogP contribution in [0.4, 0.5) is 5.13 Å². The predicted molar refractivity (Wildman–Crippen MR) is 117 cm³/mol. The van der Waals surface area contributed by atoms with Crippen LogP contribution >= 0.6 is 22.9 Å². The van der Waals surface area contributed by atoms with Crippen LogP contribution in [0.5, 0.6) is 0 Å². The third-order valence-corrected chi connectivity index (χ3v) is 5.81. The van der Waals surface area contributed by atoms with Crippen LogP contribution < -0.4 is 5.32 Å². The minimum Gasteiger partial charge on any atom is -0.441 e. The van der Waals surface area contributed by atoms with Crippen molar-refractivity contribution in [2.24, 2.45) is 0 Å². The van der Waals surface area contributed by atoms with E-state index in [-0.39, 0.29) is 23.8 Å². The molecular weight excluding hydrogens is 424 g/mol. The molecule has 158 valence electrons. The molecule has 2 aromatic heterocycles. The highest BCUT2D eigenvalue weighted by atomic mass is 35.5. The molecule has 0 saturated carbocycles. The van der Waals surface area contributed by atoms with E-state index >= 15 is 0 Å². The maximum Gasteiger partial charge on any atom is 0.279 e. The van der Waals surface area contributed by atoms with Crippen molar-refractivity contribution >= 4 is 34.0 Å². The zero-order valence-electron chi connectivity index (χ0n) is 17.0. The predicted octanol–water partition coefficient (Wildman–Crippen LogP) is 4.62. The van der Waals surface area contributed by atoms with Crippen molar-refractivity contribution < 1.29 is 13.9 Å². The summed E-state index contributed by atoms with van der Waals surface area (Å²) in [5.74, 6) is 0.487. The molecule has 7 nitrogen and oxygen atoms in total. The fourth-order valence-electron chi connectivity index (χ4n) is 3.56. The van der Waals surface area contributed by atoms with Gasteiger partial charge in [0.1, 0.15) is 5.76 Å². The molecule has 30 heavy (non-hydrogen) atoms. The molecule has 0 unspecified atom stereocenters. The van der Waals surface area contributed by atoms with Crippen LogP contribution in [0.3, 0.4) is 0 Å². The summed E-state index contributed by atoms with van der Waals surface area (Å²) < 4.78 is 11.4. The van der Waals surface area contributed by atoms with Crippen LogP contribution in [0.1, 0.15) is 35.8 Å². The zero-order chi connectivity index (χ0) is 21.3. The SMILES string of the molecule is Cc1oc(-c2ccc(Cl)cc2)nc1C(=O)Nc1nc(CN2C[C@@H](C)O[C@@H](C)C2)cs1. The molecule has 0 spiro atoms. The second-order valence-electron chi connectivity index (χ2n) is 7.48. The van der Waals surface area contributed by atoms with Crippen LogP contribution in [-0.2, 0) is 11.3 Å². The van der Waals surface area contributed by atoms with Gasteiger partial charge in [-0.15, -0.1) is 11.3 Å². The van der Waals surface area contributed by atoms with E-state index in [0.29, 0.717) is 21.8 Å². The number of carbonyl (C=O) groups excluding carboxylic acids is 1. The molecule has 1 aromatic carbocycles. The van der Waals surface area contributed by atoms with Gasteiger partial charge in [0.25, 0.3) is 5.91 Å². The van der Waals surface area contributed by atoms with E-state index in [2.05, 4.69) is 34.0 Å². The Labute approximate surface area is 184 Å². The Morgan fingerprint density at radius 1 is 1.23 bits per heavy atom. The van der Waals surface area contributed by atoms with Crippen molar-refractivity contribution in [1.29, 1.82) is 0 Å². The molecule has 4 rings (SSSR count). The molecule has 1 fully saturated rings. The lowest BCUT2D eigenvalue weighted by Gasteiger charge is -2.34. The number of nitrogens with zero attached hydrogens (tertiary/aromatic N) is 3. The van der Waals surface area contributed by atoms with Crippen LogP contribution in [-0.4, -0.2) is 46.1 Å². The highest BCUT2D eigenvalue weighted by molar-refractivity contribution is 7.13. The monoisotopic (exact) mass is 446 g/mol. The average Bonchev–Trinajstić information content (AvgIpc) is 3.28. The smallest absolute Gasteiger partial charge is 0.279 e. The molecule has 0 radical (unpaired) electrons. The van der Waals surface area contributed by atoms with Gasteiger partial charge in [-0.2, -0.15) is 0 Å². The van der Waals surface area contributed by atoms with Crippen LogP contribution in [0.2, 0.25) is 5.02 Å². The third-order valence-electron chi connectivity index (χ3n) is 4.76. The Bertz CT molecular complexity index is 1020. The molecule has 9 heteroatoms. The lowest BCUT2D eigenvalue weighted by atomic mass is 10.2. The van der Waals surface area contributed by atoms with Gasteiger partial charge in [0, 0.05) is 35.6 Å². The van der Waals surface area contributed by atoms with Gasteiger partial charge in [-0.3, -0.25) is 15.0 Å². The van der Waals surface area contributed by atoms with Gasteiger partial charge in [0.05, 0.1) is 17.9 Å². The Hall–Kier alpha value is -2.26. The number of nitrogens with one attached hydrogen (secondary N) is 1. The van der Waals surface area contributed by atoms with Gasteiger partial charge in [-0.25, -0.2) is 9.97 Å². The normalized spacial score (nSPS) is 19.7. The molecule has 1 N–H and O–H groups in total. The highest BCUT2D eigenvalue weighted by Gasteiger charge is 2.23. The van der Waals surface area contributed by atoms with Gasteiger partial charge >= 0.3 is 0 Å². The lowest BCUT2D eigenvalue weighted by Crippen LogP contribution is -2.44. The third kappa shape index (κ3) is 4.89. The molecule has 3 heterocycles. The Kier molecular flexibility index (Phi) is 6.19. The van der Waals surface area contributed by atoms with E-state index in [1.807, 2.05) is 5.38 Å². The molecule has 0 aliphatic carbocycles. The standard InChI is InChI=1S/C21H23ClN4O3S/c1-12-8-26(9-13(2)28-12)10-17-11-30-21(23-17)25-19(27)18-14(3)29-20(24-18)15-4-6-16(22)7-5-15/h4-7,11-13H,8-10H2,1-3H3,(H,23,25,27)/t12-,13+. The first-order valence-electron chi connectivity index (χ1n) is 9.74. The summed E-state index contributed by atoms with van der Waals surface area (Å²) >= 11 is 7.32. The van der Waals surface area contributed by atoms with Crippen molar-refractivity contribution in [3.63, 3.8) is 0 Å². The maximum absolute atomic E-state index is 12.7. The van der Waals surface area contributed by atoms with Crippen molar-refractivity contribution in [1.82, 2.24) is 14.9 Å². The van der Waals surface area contributed by atoms with Crippen LogP contribution in [0.15, 0.2) is 34.1 Å². The molecular formula is C21H23ClN4O3S. The second-order valence-corrected chi connectivity index (χ2v) is 8.77. The number of hydrogen-bond acceptors (Lipinski definition) is 7. The number of halogens is 1. The van der Waals surface area contributed by atoms with Crippen molar-refractivity contribution in [2.75, 3.05) is 18.4 Å². The van der Waals surface area contributed by atoms with E-state index in [0.717, 1.165) is 30.9 Å². The first-order chi connectivity index (χ1) is 14.4. The number of ether oxygens (including phenoxy) is 1.